The first-order chi connectivity index (χ1) is 25.6. The molecule has 1 heteroatoms. The summed E-state index contributed by atoms with van der Waals surface area (Å²) < 4.78 is 0. The van der Waals surface area contributed by atoms with E-state index >= 15 is 0 Å². The van der Waals surface area contributed by atoms with Crippen LogP contribution in [0.2, 0.25) is 0 Å². The second-order valence-electron chi connectivity index (χ2n) is 18.3. The lowest BCUT2D eigenvalue weighted by Crippen LogP contribution is -2.18. The highest BCUT2D eigenvalue weighted by Gasteiger charge is 2.39. The molecular weight excluding hydrogens is 644 g/mol. The molecule has 0 aliphatic heterocycles. The number of hydrogen-bond donors (Lipinski definition) is 0. The molecule has 0 aromatic heterocycles. The van der Waals surface area contributed by atoms with Crippen molar-refractivity contribution in [2.75, 3.05) is 18.5 Å². The van der Waals surface area contributed by atoms with Gasteiger partial charge in [-0.15, -0.1) is 0 Å². The molecule has 0 spiro atoms. The monoisotopic (exact) mass is 750 g/mol. The molecule has 0 bridgehead atoms. The molecule has 0 aromatic rings. The summed E-state index contributed by atoms with van der Waals surface area (Å²) in [4.78, 5) is 0. The molecule has 0 unspecified atom stereocenters. The summed E-state index contributed by atoms with van der Waals surface area (Å²) in [5.41, 5.74) is 0.957. The van der Waals surface area contributed by atoms with Crippen molar-refractivity contribution in [1.82, 2.24) is 0 Å². The van der Waals surface area contributed by atoms with Crippen molar-refractivity contribution in [3.05, 3.63) is 0 Å². The molecule has 0 radical (unpaired) electrons. The first kappa shape index (κ1) is 52.4. The fourth-order valence-corrected chi connectivity index (χ4v) is 13.8. The van der Waals surface area contributed by atoms with E-state index in [0.717, 1.165) is 5.66 Å². The third-order valence-electron chi connectivity index (χ3n) is 13.0. The van der Waals surface area contributed by atoms with Crippen LogP contribution in [-0.2, 0) is 0 Å². The number of unbranched alkanes of at least 4 members (excludes halogenated alkanes) is 39. The van der Waals surface area contributed by atoms with Crippen molar-refractivity contribution in [1.29, 1.82) is 0 Å². The average molecular weight is 750 g/mol. The second kappa shape index (κ2) is 44.1. The molecule has 0 aliphatic rings. The summed E-state index contributed by atoms with van der Waals surface area (Å²) in [6, 6.07) is 0. The standard InChI is InChI=1S/C51H106P/c1-6-9-12-15-18-21-24-27-30-33-36-39-42-45-48-52(51(4)5,49-46-43-40-37-34-31-28-25-22-19-16-13-10-7-2)50-47-44-41-38-35-32-29-26-23-20-17-14-11-8-3/h51H,6-50H2,1-5H3/q+1. The Balaban J connectivity index is 4.34. The van der Waals surface area contributed by atoms with Gasteiger partial charge in [0.2, 0.25) is 0 Å². The minimum atomic E-state index is -0.822. The summed E-state index contributed by atoms with van der Waals surface area (Å²) >= 11 is 0. The van der Waals surface area contributed by atoms with Gasteiger partial charge in [-0.2, -0.15) is 0 Å². The highest BCUT2D eigenvalue weighted by Crippen LogP contribution is 2.64. The van der Waals surface area contributed by atoms with Crippen LogP contribution in [-0.4, -0.2) is 24.1 Å². The van der Waals surface area contributed by atoms with Crippen LogP contribution in [0, 0.1) is 0 Å². The van der Waals surface area contributed by atoms with Gasteiger partial charge in [0.05, 0.1) is 24.1 Å². The third-order valence-corrected chi connectivity index (χ3v) is 18.8. The van der Waals surface area contributed by atoms with Crippen molar-refractivity contribution >= 4 is 7.26 Å². The zero-order valence-corrected chi connectivity index (χ0v) is 38.7. The normalized spacial score (nSPS) is 12.1. The highest BCUT2D eigenvalue weighted by atomic mass is 31.2. The number of rotatable bonds is 46. The Labute approximate surface area is 334 Å². The molecule has 0 saturated carbocycles. The quantitative estimate of drug-likeness (QED) is 0.0429. The van der Waals surface area contributed by atoms with E-state index < -0.39 is 7.26 Å². The van der Waals surface area contributed by atoms with E-state index in [-0.39, 0.29) is 0 Å². The van der Waals surface area contributed by atoms with Gasteiger partial charge in [-0.3, -0.25) is 0 Å². The van der Waals surface area contributed by atoms with E-state index in [1.165, 1.54) is 250 Å². The molecule has 0 N–H and O–H groups in total. The maximum atomic E-state index is 2.64. The van der Waals surface area contributed by atoms with Crippen molar-refractivity contribution in [3.63, 3.8) is 0 Å². The lowest BCUT2D eigenvalue weighted by Gasteiger charge is -2.32. The predicted octanol–water partition coefficient (Wildman–Crippen LogP) is 19.9. The van der Waals surface area contributed by atoms with Crippen LogP contribution in [0.5, 0.6) is 0 Å². The largest absolute Gasteiger partial charge is 0.0654 e. The van der Waals surface area contributed by atoms with Gasteiger partial charge in [0.25, 0.3) is 0 Å². The maximum absolute atomic E-state index is 2.64. The molecule has 314 valence electrons. The van der Waals surface area contributed by atoms with Crippen molar-refractivity contribution in [2.24, 2.45) is 0 Å². The maximum Gasteiger partial charge on any atom is 0.0641 e. The van der Waals surface area contributed by atoms with Crippen LogP contribution in [0.25, 0.3) is 0 Å². The van der Waals surface area contributed by atoms with E-state index in [2.05, 4.69) is 34.6 Å². The highest BCUT2D eigenvalue weighted by molar-refractivity contribution is 7.76. The second-order valence-corrected chi connectivity index (χ2v) is 23.1. The molecule has 0 aliphatic carbocycles. The summed E-state index contributed by atoms with van der Waals surface area (Å²) in [6.45, 7) is 12.3. The molecule has 52 heavy (non-hydrogen) atoms. The van der Waals surface area contributed by atoms with Crippen LogP contribution in [0.15, 0.2) is 0 Å². The number of hydrogen-bond acceptors (Lipinski definition) is 0. The minimum absolute atomic E-state index is 0.822. The van der Waals surface area contributed by atoms with Gasteiger partial charge in [-0.05, 0) is 52.4 Å². The lowest BCUT2D eigenvalue weighted by molar-refractivity contribution is 0.536. The summed E-state index contributed by atoms with van der Waals surface area (Å²) in [5.74, 6) is 0. The van der Waals surface area contributed by atoms with Gasteiger partial charge in [-0.25, -0.2) is 0 Å². The molecule has 0 saturated heterocycles. The molecule has 0 fully saturated rings. The fraction of sp³-hybridized carbons (Fsp3) is 1.00. The first-order valence-corrected chi connectivity index (χ1v) is 27.9. The van der Waals surface area contributed by atoms with Gasteiger partial charge in [0.1, 0.15) is 0 Å². The van der Waals surface area contributed by atoms with Crippen LogP contribution in [0.3, 0.4) is 0 Å². The van der Waals surface area contributed by atoms with Gasteiger partial charge in [-0.1, -0.05) is 252 Å². The third kappa shape index (κ3) is 37.4. The molecule has 0 nitrogen and oxygen atoms in total. The van der Waals surface area contributed by atoms with E-state index in [1.54, 1.807) is 37.7 Å². The summed E-state index contributed by atoms with van der Waals surface area (Å²) in [6.07, 6.45) is 67.2. The molecule has 0 aromatic carbocycles. The Kier molecular flexibility index (Phi) is 44.5. The zero-order chi connectivity index (χ0) is 37.9. The molecule has 0 rings (SSSR count). The lowest BCUT2D eigenvalue weighted by atomic mass is 10.0. The first-order valence-electron chi connectivity index (χ1n) is 25.5. The van der Waals surface area contributed by atoms with Crippen LogP contribution in [0.4, 0.5) is 0 Å². The van der Waals surface area contributed by atoms with Crippen LogP contribution < -0.4 is 0 Å². The van der Waals surface area contributed by atoms with E-state index in [9.17, 15) is 0 Å². The van der Waals surface area contributed by atoms with Gasteiger partial charge in [0, 0.05) is 7.26 Å². The molecule has 0 atom stereocenters. The molecule has 0 heterocycles. The van der Waals surface area contributed by atoms with E-state index in [0.29, 0.717) is 0 Å². The van der Waals surface area contributed by atoms with Gasteiger partial charge in [0.15, 0.2) is 0 Å². The Morgan fingerprint density at radius 2 is 0.346 bits per heavy atom. The van der Waals surface area contributed by atoms with Crippen LogP contribution >= 0.6 is 7.26 Å². The zero-order valence-electron chi connectivity index (χ0n) is 37.8. The molecular formula is C51H106P+. The van der Waals surface area contributed by atoms with Crippen molar-refractivity contribution < 1.29 is 0 Å². The van der Waals surface area contributed by atoms with E-state index in [4.69, 9.17) is 0 Å². The van der Waals surface area contributed by atoms with Crippen LogP contribution in [0.1, 0.15) is 304 Å². The summed E-state index contributed by atoms with van der Waals surface area (Å²) in [5, 5.41) is 0. The van der Waals surface area contributed by atoms with Crippen molar-refractivity contribution in [2.45, 2.75) is 310 Å². The SMILES string of the molecule is CCCCCCCCCCCCCCCC[P+](CCCCCCCCCCCCCCCC)(CCCCCCCCCCCCCCCC)C(C)C. The Bertz CT molecular complexity index is 546. The van der Waals surface area contributed by atoms with Gasteiger partial charge >= 0.3 is 0 Å². The Hall–Kier alpha value is 0.430. The summed E-state index contributed by atoms with van der Waals surface area (Å²) in [7, 11) is -0.822. The minimum Gasteiger partial charge on any atom is -0.0654 e. The molecule has 0 amide bonds. The average Bonchev–Trinajstić information content (AvgIpc) is 3.14. The van der Waals surface area contributed by atoms with E-state index in [1.807, 2.05) is 0 Å². The topological polar surface area (TPSA) is 0 Å². The predicted molar refractivity (Wildman–Crippen MR) is 248 cm³/mol. The Morgan fingerprint density at radius 3 is 0.481 bits per heavy atom. The van der Waals surface area contributed by atoms with Crippen molar-refractivity contribution in [3.8, 4) is 0 Å². The smallest absolute Gasteiger partial charge is 0.0641 e. The fourth-order valence-electron chi connectivity index (χ4n) is 8.97. The Morgan fingerprint density at radius 1 is 0.212 bits per heavy atom. The van der Waals surface area contributed by atoms with Gasteiger partial charge < -0.3 is 0 Å².